The van der Waals surface area contributed by atoms with Gasteiger partial charge in [0.1, 0.15) is 5.82 Å². The van der Waals surface area contributed by atoms with E-state index in [0.717, 1.165) is 18.8 Å². The van der Waals surface area contributed by atoms with Gasteiger partial charge in [0, 0.05) is 6.42 Å². The Kier molecular flexibility index (Phi) is 5.23. The Morgan fingerprint density at radius 1 is 1.32 bits per heavy atom. The Labute approximate surface area is 119 Å². The molecule has 1 N–H and O–H groups in total. The van der Waals surface area contributed by atoms with Gasteiger partial charge in [-0.25, -0.2) is 4.39 Å². The highest BCUT2D eigenvalue weighted by atomic mass is 35.5. The molecule has 1 fully saturated rings. The fraction of sp³-hybridized carbons (Fsp3) is 0.625. The molecule has 2 rings (SSSR count). The molecule has 0 aliphatic heterocycles. The number of aliphatic hydroxyl groups excluding tert-OH is 1. The number of aliphatic hydroxyl groups is 1. The van der Waals surface area contributed by atoms with E-state index in [1.165, 1.54) is 19.3 Å². The van der Waals surface area contributed by atoms with Gasteiger partial charge in [0.05, 0.1) is 11.1 Å². The lowest BCUT2D eigenvalue weighted by atomic mass is 9.77. The summed E-state index contributed by atoms with van der Waals surface area (Å²) >= 11 is 5.76. The van der Waals surface area contributed by atoms with E-state index >= 15 is 0 Å². The Morgan fingerprint density at radius 2 is 2.00 bits per heavy atom. The zero-order valence-corrected chi connectivity index (χ0v) is 12.2. The highest BCUT2D eigenvalue weighted by Crippen LogP contribution is 2.33. The third-order valence-corrected chi connectivity index (χ3v) is 4.77. The van der Waals surface area contributed by atoms with Crippen LogP contribution in [0.15, 0.2) is 18.2 Å². The van der Waals surface area contributed by atoms with Crippen LogP contribution in [-0.2, 0) is 6.42 Å². The molecule has 106 valence electrons. The van der Waals surface area contributed by atoms with Gasteiger partial charge in [0.25, 0.3) is 0 Å². The van der Waals surface area contributed by atoms with Crippen LogP contribution >= 0.6 is 11.6 Å². The molecule has 0 saturated heterocycles. The maximum Gasteiger partial charge on any atom is 0.145 e. The minimum absolute atomic E-state index is 0.138. The van der Waals surface area contributed by atoms with Crippen LogP contribution in [0.3, 0.4) is 0 Å². The molecule has 0 spiro atoms. The summed E-state index contributed by atoms with van der Waals surface area (Å²) in [7, 11) is 0. The van der Waals surface area contributed by atoms with Crippen LogP contribution in [0.2, 0.25) is 5.02 Å². The van der Waals surface area contributed by atoms with Crippen molar-refractivity contribution < 1.29 is 9.50 Å². The summed E-state index contributed by atoms with van der Waals surface area (Å²) in [5.41, 5.74) is 0.526. The van der Waals surface area contributed by atoms with E-state index in [2.05, 4.69) is 6.92 Å². The van der Waals surface area contributed by atoms with Gasteiger partial charge in [-0.15, -0.1) is 0 Å². The zero-order chi connectivity index (χ0) is 13.8. The molecule has 1 aliphatic carbocycles. The fourth-order valence-electron chi connectivity index (χ4n) is 3.08. The lowest BCUT2D eigenvalue weighted by Crippen LogP contribution is -2.27. The standard InChI is InChI=1S/C16H22ClFO/c1-2-11-6-8-12(9-7-11)15(19)10-13-4-3-5-14(17)16(13)18/h3-5,11-12,15,19H,2,6-10H2,1H3. The number of halogens is 2. The minimum atomic E-state index is -0.453. The average molecular weight is 285 g/mol. The largest absolute Gasteiger partial charge is 0.392 e. The van der Waals surface area contributed by atoms with Crippen molar-refractivity contribution in [2.45, 2.75) is 51.6 Å². The summed E-state index contributed by atoms with van der Waals surface area (Å²) in [6.07, 6.45) is 5.64. The molecule has 1 unspecified atom stereocenters. The van der Waals surface area contributed by atoms with Crippen LogP contribution in [0.5, 0.6) is 0 Å². The van der Waals surface area contributed by atoms with Crippen LogP contribution in [0.25, 0.3) is 0 Å². The van der Waals surface area contributed by atoms with E-state index in [1.807, 2.05) is 0 Å². The molecule has 1 nitrogen and oxygen atoms in total. The molecule has 1 atom stereocenters. The maximum atomic E-state index is 13.8. The summed E-state index contributed by atoms with van der Waals surface area (Å²) in [4.78, 5) is 0. The number of hydrogen-bond acceptors (Lipinski definition) is 1. The molecule has 1 aromatic rings. The van der Waals surface area contributed by atoms with Crippen molar-refractivity contribution in [1.82, 2.24) is 0 Å². The quantitative estimate of drug-likeness (QED) is 0.857. The summed E-state index contributed by atoms with van der Waals surface area (Å²) in [5.74, 6) is 0.734. The molecule has 0 heterocycles. The fourth-order valence-corrected chi connectivity index (χ4v) is 3.27. The Hall–Kier alpha value is -0.600. The summed E-state index contributed by atoms with van der Waals surface area (Å²) < 4.78 is 13.8. The monoisotopic (exact) mass is 284 g/mol. The maximum absolute atomic E-state index is 13.8. The second-order valence-electron chi connectivity index (χ2n) is 5.67. The van der Waals surface area contributed by atoms with Gasteiger partial charge in [0.2, 0.25) is 0 Å². The van der Waals surface area contributed by atoms with Crippen molar-refractivity contribution in [1.29, 1.82) is 0 Å². The summed E-state index contributed by atoms with van der Waals surface area (Å²) in [5, 5.41) is 10.4. The lowest BCUT2D eigenvalue weighted by molar-refractivity contribution is 0.0728. The Balaban J connectivity index is 1.94. The average Bonchev–Trinajstić information content (AvgIpc) is 2.44. The number of rotatable bonds is 4. The molecule has 0 aromatic heterocycles. The van der Waals surface area contributed by atoms with Crippen LogP contribution in [0, 0.1) is 17.7 Å². The van der Waals surface area contributed by atoms with Crippen molar-refractivity contribution in [3.63, 3.8) is 0 Å². The van der Waals surface area contributed by atoms with E-state index in [-0.39, 0.29) is 10.8 Å². The Morgan fingerprint density at radius 3 is 2.63 bits per heavy atom. The van der Waals surface area contributed by atoms with Gasteiger partial charge in [-0.3, -0.25) is 0 Å². The normalized spacial score (nSPS) is 25.3. The molecule has 0 bridgehead atoms. The second-order valence-corrected chi connectivity index (χ2v) is 6.08. The molecule has 1 aromatic carbocycles. The first kappa shape index (κ1) is 14.8. The van der Waals surface area contributed by atoms with Crippen molar-refractivity contribution in [3.8, 4) is 0 Å². The van der Waals surface area contributed by atoms with Crippen molar-refractivity contribution in [3.05, 3.63) is 34.6 Å². The van der Waals surface area contributed by atoms with Crippen molar-refractivity contribution >= 4 is 11.6 Å². The van der Waals surface area contributed by atoms with E-state index in [1.54, 1.807) is 18.2 Å². The van der Waals surface area contributed by atoms with E-state index in [4.69, 9.17) is 11.6 Å². The highest BCUT2D eigenvalue weighted by Gasteiger charge is 2.26. The summed E-state index contributed by atoms with van der Waals surface area (Å²) in [6.45, 7) is 2.22. The van der Waals surface area contributed by atoms with Gasteiger partial charge in [-0.1, -0.05) is 49.9 Å². The van der Waals surface area contributed by atoms with Crippen LogP contribution in [0.4, 0.5) is 4.39 Å². The highest BCUT2D eigenvalue weighted by molar-refractivity contribution is 6.30. The first-order valence-electron chi connectivity index (χ1n) is 7.22. The number of benzene rings is 1. The number of hydrogen-bond donors (Lipinski definition) is 1. The van der Waals surface area contributed by atoms with Gasteiger partial charge in [-0.05, 0) is 36.3 Å². The molecule has 3 heteroatoms. The topological polar surface area (TPSA) is 20.2 Å². The van der Waals surface area contributed by atoms with Gasteiger partial charge < -0.3 is 5.11 Å². The van der Waals surface area contributed by atoms with Crippen molar-refractivity contribution in [2.24, 2.45) is 11.8 Å². The predicted octanol–water partition coefficient (Wildman–Crippen LogP) is 4.60. The first-order chi connectivity index (χ1) is 9.11. The SMILES string of the molecule is CCC1CCC(C(O)Cc2cccc(Cl)c2F)CC1. The summed E-state index contributed by atoms with van der Waals surface area (Å²) in [6, 6.07) is 4.99. The van der Waals surface area contributed by atoms with E-state index in [9.17, 15) is 9.50 Å². The minimum Gasteiger partial charge on any atom is -0.392 e. The molecular formula is C16H22ClFO. The van der Waals surface area contributed by atoms with Gasteiger partial charge in [-0.2, -0.15) is 0 Å². The van der Waals surface area contributed by atoms with Gasteiger partial charge in [0.15, 0.2) is 0 Å². The second kappa shape index (κ2) is 6.71. The molecule has 1 aliphatic rings. The predicted molar refractivity (Wildman–Crippen MR) is 76.9 cm³/mol. The smallest absolute Gasteiger partial charge is 0.145 e. The zero-order valence-electron chi connectivity index (χ0n) is 11.4. The van der Waals surface area contributed by atoms with Crippen molar-refractivity contribution in [2.75, 3.05) is 0 Å². The Bertz CT molecular complexity index is 413. The van der Waals surface area contributed by atoms with E-state index < -0.39 is 6.10 Å². The van der Waals surface area contributed by atoms with Crippen LogP contribution in [0.1, 0.15) is 44.6 Å². The molecular weight excluding hydrogens is 263 g/mol. The molecule has 0 radical (unpaired) electrons. The molecule has 19 heavy (non-hydrogen) atoms. The van der Waals surface area contributed by atoms with Crippen LogP contribution < -0.4 is 0 Å². The lowest BCUT2D eigenvalue weighted by Gasteiger charge is -2.31. The third kappa shape index (κ3) is 3.70. The third-order valence-electron chi connectivity index (χ3n) is 4.47. The van der Waals surface area contributed by atoms with Crippen LogP contribution in [-0.4, -0.2) is 11.2 Å². The molecule has 0 amide bonds. The van der Waals surface area contributed by atoms with Gasteiger partial charge >= 0.3 is 0 Å². The van der Waals surface area contributed by atoms with E-state index in [0.29, 0.717) is 17.9 Å². The first-order valence-corrected chi connectivity index (χ1v) is 7.60. The molecule has 1 saturated carbocycles.